The lowest BCUT2D eigenvalue weighted by atomic mass is 10.2. The molecule has 0 atom stereocenters. The van der Waals surface area contributed by atoms with Gasteiger partial charge in [0, 0.05) is 18.3 Å². The molecule has 1 fully saturated rings. The predicted octanol–water partition coefficient (Wildman–Crippen LogP) is 2.59. The first-order chi connectivity index (χ1) is 9.03. The fourth-order valence-corrected chi connectivity index (χ4v) is 2.93. The van der Waals surface area contributed by atoms with Crippen LogP contribution in [0.2, 0.25) is 0 Å². The summed E-state index contributed by atoms with van der Waals surface area (Å²) in [6, 6.07) is 0. The van der Waals surface area contributed by atoms with Crippen LogP contribution in [0.1, 0.15) is 31.9 Å². The number of aryl methyl sites for hydroxylation is 2. The van der Waals surface area contributed by atoms with Crippen molar-refractivity contribution in [3.63, 3.8) is 0 Å². The second-order valence-electron chi connectivity index (χ2n) is 5.02. The van der Waals surface area contributed by atoms with Gasteiger partial charge >= 0.3 is 5.69 Å². The third kappa shape index (κ3) is 2.86. The molecule has 1 aromatic rings. The molecule has 0 amide bonds. The first-order valence-corrected chi connectivity index (χ1v) is 7.75. The summed E-state index contributed by atoms with van der Waals surface area (Å²) >= 11 is 1.83. The van der Waals surface area contributed by atoms with Crippen LogP contribution in [0.3, 0.4) is 0 Å². The lowest BCUT2D eigenvalue weighted by Gasteiger charge is -2.13. The summed E-state index contributed by atoms with van der Waals surface area (Å²) in [5, 5.41) is 18.8. The molecule has 7 heteroatoms. The standard InChI is InChI=1S/C12H20N4O2S/c1-4-5-9-10(16(17)18)11(15(2)14-9)13-8-12(19-3)6-7-12/h13H,4-8H2,1-3H3. The van der Waals surface area contributed by atoms with Crippen LogP contribution in [-0.4, -0.2) is 32.3 Å². The maximum atomic E-state index is 11.2. The molecule has 0 aromatic carbocycles. The van der Waals surface area contributed by atoms with Crippen molar-refractivity contribution in [3.8, 4) is 0 Å². The van der Waals surface area contributed by atoms with Crippen molar-refractivity contribution < 1.29 is 4.92 Å². The van der Waals surface area contributed by atoms with Gasteiger partial charge in [0.1, 0.15) is 5.69 Å². The van der Waals surface area contributed by atoms with E-state index in [0.717, 1.165) is 13.0 Å². The Bertz CT molecular complexity index is 482. The van der Waals surface area contributed by atoms with Gasteiger partial charge in [-0.3, -0.25) is 10.1 Å². The third-order valence-corrected chi connectivity index (χ3v) is 5.00. The highest BCUT2D eigenvalue weighted by Gasteiger charge is 2.42. The molecule has 19 heavy (non-hydrogen) atoms. The molecule has 1 heterocycles. The van der Waals surface area contributed by atoms with Crippen LogP contribution in [0.4, 0.5) is 11.5 Å². The number of aromatic nitrogens is 2. The van der Waals surface area contributed by atoms with Gasteiger partial charge in [0.15, 0.2) is 0 Å². The Hall–Kier alpha value is -1.24. The molecule has 1 aliphatic carbocycles. The molecule has 1 N–H and O–H groups in total. The molecule has 1 aromatic heterocycles. The lowest BCUT2D eigenvalue weighted by Crippen LogP contribution is -2.19. The highest BCUT2D eigenvalue weighted by atomic mass is 32.2. The van der Waals surface area contributed by atoms with Gasteiger partial charge in [-0.2, -0.15) is 16.9 Å². The van der Waals surface area contributed by atoms with E-state index in [1.165, 1.54) is 12.8 Å². The molecule has 0 spiro atoms. The molecule has 1 aliphatic rings. The molecule has 0 bridgehead atoms. The van der Waals surface area contributed by atoms with Crippen LogP contribution < -0.4 is 5.32 Å². The Balaban J connectivity index is 2.20. The van der Waals surface area contributed by atoms with E-state index in [0.29, 0.717) is 17.9 Å². The van der Waals surface area contributed by atoms with Crippen LogP contribution >= 0.6 is 11.8 Å². The number of rotatable bonds is 7. The second-order valence-corrected chi connectivity index (χ2v) is 6.29. The van der Waals surface area contributed by atoms with Crippen LogP contribution in [0, 0.1) is 10.1 Å². The zero-order valence-electron chi connectivity index (χ0n) is 11.6. The van der Waals surface area contributed by atoms with Crippen molar-refractivity contribution in [2.24, 2.45) is 7.05 Å². The molecule has 1 saturated carbocycles. The van der Waals surface area contributed by atoms with Gasteiger partial charge in [-0.25, -0.2) is 4.68 Å². The van der Waals surface area contributed by atoms with Crippen molar-refractivity contribution in [1.29, 1.82) is 0 Å². The van der Waals surface area contributed by atoms with Crippen LogP contribution in [0.25, 0.3) is 0 Å². The Kier molecular flexibility index (Phi) is 4.03. The van der Waals surface area contributed by atoms with E-state index in [9.17, 15) is 10.1 Å². The van der Waals surface area contributed by atoms with Crippen LogP contribution in [0.15, 0.2) is 0 Å². The average molecular weight is 284 g/mol. The van der Waals surface area contributed by atoms with E-state index in [2.05, 4.69) is 16.7 Å². The van der Waals surface area contributed by atoms with Gasteiger partial charge in [-0.05, 0) is 25.5 Å². The summed E-state index contributed by atoms with van der Waals surface area (Å²) < 4.78 is 1.86. The Morgan fingerprint density at radius 2 is 2.26 bits per heavy atom. The van der Waals surface area contributed by atoms with Gasteiger partial charge < -0.3 is 5.32 Å². The monoisotopic (exact) mass is 284 g/mol. The van der Waals surface area contributed by atoms with Gasteiger partial charge in [-0.1, -0.05) is 13.3 Å². The molecular weight excluding hydrogens is 264 g/mol. The molecule has 6 nitrogen and oxygen atoms in total. The first-order valence-electron chi connectivity index (χ1n) is 6.52. The summed E-state index contributed by atoms with van der Waals surface area (Å²) in [7, 11) is 1.76. The minimum absolute atomic E-state index is 0.140. The quantitative estimate of drug-likeness (QED) is 0.615. The predicted molar refractivity (Wildman–Crippen MR) is 77.8 cm³/mol. The number of anilines is 1. The first kappa shape index (κ1) is 14.2. The Morgan fingerprint density at radius 1 is 1.58 bits per heavy atom. The number of hydrogen-bond donors (Lipinski definition) is 1. The second kappa shape index (κ2) is 5.40. The zero-order chi connectivity index (χ0) is 14.0. The normalized spacial score (nSPS) is 16.4. The number of nitrogens with zero attached hydrogens (tertiary/aromatic N) is 3. The highest BCUT2D eigenvalue weighted by molar-refractivity contribution is 8.00. The van der Waals surface area contributed by atoms with Gasteiger partial charge in [-0.15, -0.1) is 0 Å². The van der Waals surface area contributed by atoms with Crippen LogP contribution in [-0.2, 0) is 13.5 Å². The van der Waals surface area contributed by atoms with Crippen molar-refractivity contribution >= 4 is 23.3 Å². The number of nitrogens with one attached hydrogen (secondary N) is 1. The van der Waals surface area contributed by atoms with Gasteiger partial charge in [0.2, 0.25) is 5.82 Å². The molecule has 0 aliphatic heterocycles. The summed E-state index contributed by atoms with van der Waals surface area (Å²) in [6.45, 7) is 2.76. The minimum atomic E-state index is -0.320. The van der Waals surface area contributed by atoms with Gasteiger partial charge in [0.05, 0.1) is 4.92 Å². The third-order valence-electron chi connectivity index (χ3n) is 3.58. The zero-order valence-corrected chi connectivity index (χ0v) is 12.4. The fraction of sp³-hybridized carbons (Fsp3) is 0.750. The number of thioether (sulfide) groups is 1. The Labute approximate surface area is 117 Å². The maximum absolute atomic E-state index is 11.2. The summed E-state index contributed by atoms with van der Waals surface area (Å²) in [5.41, 5.74) is 0.716. The van der Waals surface area contributed by atoms with Gasteiger partial charge in [0.25, 0.3) is 0 Å². The van der Waals surface area contributed by atoms with E-state index in [1.807, 2.05) is 18.7 Å². The smallest absolute Gasteiger partial charge is 0.333 e. The largest absolute Gasteiger partial charge is 0.363 e. The lowest BCUT2D eigenvalue weighted by molar-refractivity contribution is -0.384. The SMILES string of the molecule is CCCc1nn(C)c(NCC2(SC)CC2)c1[N+](=O)[O-]. The van der Waals surface area contributed by atoms with Crippen molar-refractivity contribution in [2.45, 2.75) is 37.4 Å². The average Bonchev–Trinajstić information content (AvgIpc) is 3.07. The molecule has 2 rings (SSSR count). The van der Waals surface area contributed by atoms with Crippen LogP contribution in [0.5, 0.6) is 0 Å². The van der Waals surface area contributed by atoms with Crippen molar-refractivity contribution in [1.82, 2.24) is 9.78 Å². The van der Waals surface area contributed by atoms with E-state index in [4.69, 9.17) is 0 Å². The van der Waals surface area contributed by atoms with Crippen molar-refractivity contribution in [2.75, 3.05) is 18.1 Å². The topological polar surface area (TPSA) is 73.0 Å². The summed E-state index contributed by atoms with van der Waals surface area (Å²) in [6.07, 6.45) is 5.93. The number of hydrogen-bond acceptors (Lipinski definition) is 5. The molecule has 106 valence electrons. The molecule has 0 unspecified atom stereocenters. The summed E-state index contributed by atoms with van der Waals surface area (Å²) in [5.74, 6) is 0.536. The Morgan fingerprint density at radius 3 is 2.74 bits per heavy atom. The molecule has 0 radical (unpaired) electrons. The van der Waals surface area contributed by atoms with E-state index < -0.39 is 0 Å². The highest BCUT2D eigenvalue weighted by Crippen LogP contribution is 2.47. The number of nitro groups is 1. The maximum Gasteiger partial charge on any atom is 0.333 e. The minimum Gasteiger partial charge on any atom is -0.363 e. The van der Waals surface area contributed by atoms with Crippen molar-refractivity contribution in [3.05, 3.63) is 15.8 Å². The van der Waals surface area contributed by atoms with E-state index in [1.54, 1.807) is 11.7 Å². The molecular formula is C12H20N4O2S. The molecule has 0 saturated heterocycles. The van der Waals surface area contributed by atoms with E-state index in [-0.39, 0.29) is 15.4 Å². The van der Waals surface area contributed by atoms with E-state index >= 15 is 0 Å². The fourth-order valence-electron chi connectivity index (χ4n) is 2.20. The summed E-state index contributed by atoms with van der Waals surface area (Å²) in [4.78, 5) is 10.9.